The average molecular weight is 379 g/mol. The third-order valence-electron chi connectivity index (χ3n) is 4.83. The predicted molar refractivity (Wildman–Crippen MR) is 108 cm³/mol. The zero-order chi connectivity index (χ0) is 18.6. The van der Waals surface area contributed by atoms with Crippen molar-refractivity contribution < 1.29 is 9.53 Å². The van der Waals surface area contributed by atoms with Crippen molar-refractivity contribution >= 4 is 17.5 Å². The molecule has 0 aromatic heterocycles. The number of amides is 1. The normalized spacial score (nSPS) is 15.2. The van der Waals surface area contributed by atoms with Crippen LogP contribution in [-0.4, -0.2) is 50.2 Å². The van der Waals surface area contributed by atoms with Gasteiger partial charge >= 0.3 is 0 Å². The Morgan fingerprint density at radius 1 is 1.23 bits per heavy atom. The van der Waals surface area contributed by atoms with Gasteiger partial charge in [-0.2, -0.15) is 0 Å². The van der Waals surface area contributed by atoms with Gasteiger partial charge in [0.1, 0.15) is 0 Å². The molecule has 2 rings (SSSR count). The second-order valence-corrected chi connectivity index (χ2v) is 7.26. The molecule has 0 bridgehead atoms. The number of rotatable bonds is 11. The molecule has 1 amide bonds. The molecule has 0 atom stereocenters. The Morgan fingerprint density at radius 2 is 1.96 bits per heavy atom. The molecule has 1 aliphatic rings. The van der Waals surface area contributed by atoms with Crippen LogP contribution in [0.4, 0.5) is 0 Å². The van der Waals surface area contributed by atoms with Gasteiger partial charge < -0.3 is 15.0 Å². The lowest BCUT2D eigenvalue weighted by atomic mass is 9.93. The number of carbonyl (C=O) groups is 1. The van der Waals surface area contributed by atoms with E-state index in [4.69, 9.17) is 16.3 Å². The minimum atomic E-state index is 0.111. The van der Waals surface area contributed by atoms with Gasteiger partial charge in [0.05, 0.1) is 0 Å². The molecule has 1 aromatic rings. The van der Waals surface area contributed by atoms with Gasteiger partial charge in [-0.1, -0.05) is 17.7 Å². The van der Waals surface area contributed by atoms with Crippen LogP contribution in [-0.2, 0) is 4.74 Å². The van der Waals surface area contributed by atoms with Crippen LogP contribution >= 0.6 is 11.6 Å². The van der Waals surface area contributed by atoms with E-state index in [0.29, 0.717) is 10.9 Å². The number of halogens is 1. The molecule has 1 N–H and O–H groups in total. The van der Waals surface area contributed by atoms with Crippen LogP contribution in [0.3, 0.4) is 0 Å². The number of ether oxygens (including phenoxy) is 1. The topological polar surface area (TPSA) is 41.6 Å². The maximum atomic E-state index is 12.5. The van der Waals surface area contributed by atoms with Crippen LogP contribution in [0, 0.1) is 5.92 Å². The number of carbonyl (C=O) groups excluding carboxylic acids is 1. The number of hydrogen-bond acceptors (Lipinski definition) is 3. The fourth-order valence-electron chi connectivity index (χ4n) is 3.18. The van der Waals surface area contributed by atoms with Crippen LogP contribution in [0.15, 0.2) is 36.9 Å². The minimum absolute atomic E-state index is 0.111. The highest BCUT2D eigenvalue weighted by molar-refractivity contribution is 6.30. The highest BCUT2D eigenvalue weighted by Crippen LogP contribution is 2.22. The van der Waals surface area contributed by atoms with Crippen molar-refractivity contribution in [1.82, 2.24) is 10.2 Å². The standard InChI is InChI=1S/C21H31ClN2O2/c1-2-3-12-23-13-4-16-26-17-11-18-9-14-24(15-10-18)21(25)19-5-7-20(22)8-6-19/h2,5-8,18,23H,1,3-4,9-17H2. The first-order valence-corrected chi connectivity index (χ1v) is 10.0. The monoisotopic (exact) mass is 378 g/mol. The highest BCUT2D eigenvalue weighted by atomic mass is 35.5. The molecule has 0 unspecified atom stereocenters. The summed E-state index contributed by atoms with van der Waals surface area (Å²) in [4.78, 5) is 14.4. The van der Waals surface area contributed by atoms with Crippen molar-refractivity contribution in [3.63, 3.8) is 0 Å². The third-order valence-corrected chi connectivity index (χ3v) is 5.08. The van der Waals surface area contributed by atoms with Crippen LogP contribution in [0.2, 0.25) is 5.02 Å². The zero-order valence-electron chi connectivity index (χ0n) is 15.6. The molecular formula is C21H31ClN2O2. The summed E-state index contributed by atoms with van der Waals surface area (Å²) >= 11 is 5.89. The first-order valence-electron chi connectivity index (χ1n) is 9.65. The van der Waals surface area contributed by atoms with Gasteiger partial charge in [-0.3, -0.25) is 4.79 Å². The number of hydrogen-bond donors (Lipinski definition) is 1. The number of piperidine rings is 1. The zero-order valence-corrected chi connectivity index (χ0v) is 16.3. The third kappa shape index (κ3) is 7.48. The van der Waals surface area contributed by atoms with E-state index in [9.17, 15) is 4.79 Å². The SMILES string of the molecule is C=CCCNCCCOCCC1CCN(C(=O)c2ccc(Cl)cc2)CC1. The quantitative estimate of drug-likeness (QED) is 0.464. The molecule has 5 heteroatoms. The second kappa shape index (κ2) is 12.1. The van der Waals surface area contributed by atoms with Crippen molar-refractivity contribution in [3.05, 3.63) is 47.5 Å². The highest BCUT2D eigenvalue weighted by Gasteiger charge is 2.23. The van der Waals surface area contributed by atoms with Crippen molar-refractivity contribution in [2.45, 2.75) is 32.1 Å². The molecule has 0 aliphatic carbocycles. The summed E-state index contributed by atoms with van der Waals surface area (Å²) in [5.41, 5.74) is 0.720. The molecule has 1 heterocycles. The molecule has 0 saturated carbocycles. The molecule has 1 aromatic carbocycles. The maximum Gasteiger partial charge on any atom is 0.253 e. The molecule has 144 valence electrons. The van der Waals surface area contributed by atoms with Gasteiger partial charge in [-0.25, -0.2) is 0 Å². The smallest absolute Gasteiger partial charge is 0.253 e. The van der Waals surface area contributed by atoms with Crippen molar-refractivity contribution in [1.29, 1.82) is 0 Å². The van der Waals surface area contributed by atoms with E-state index in [1.54, 1.807) is 24.3 Å². The van der Waals surface area contributed by atoms with E-state index in [1.165, 1.54) is 0 Å². The Morgan fingerprint density at radius 3 is 2.65 bits per heavy atom. The van der Waals surface area contributed by atoms with Crippen LogP contribution in [0.25, 0.3) is 0 Å². The van der Waals surface area contributed by atoms with Crippen molar-refractivity contribution in [3.8, 4) is 0 Å². The number of likely N-dealkylation sites (tertiary alicyclic amines) is 1. The van der Waals surface area contributed by atoms with E-state index >= 15 is 0 Å². The Kier molecular flexibility index (Phi) is 9.75. The van der Waals surface area contributed by atoms with Gasteiger partial charge in [0.15, 0.2) is 0 Å². The molecule has 1 fully saturated rings. The molecule has 26 heavy (non-hydrogen) atoms. The molecule has 0 radical (unpaired) electrons. The number of benzene rings is 1. The Balaban J connectivity index is 1.54. The summed E-state index contributed by atoms with van der Waals surface area (Å²) < 4.78 is 5.74. The summed E-state index contributed by atoms with van der Waals surface area (Å²) in [6.45, 7) is 9.00. The predicted octanol–water partition coefficient (Wildman–Crippen LogP) is 4.15. The fourth-order valence-corrected chi connectivity index (χ4v) is 3.31. The van der Waals surface area contributed by atoms with E-state index < -0.39 is 0 Å². The summed E-state index contributed by atoms with van der Waals surface area (Å²) in [5, 5.41) is 4.02. The van der Waals surface area contributed by atoms with E-state index in [1.807, 2.05) is 11.0 Å². The van der Waals surface area contributed by atoms with Crippen molar-refractivity contribution in [2.75, 3.05) is 39.4 Å². The van der Waals surface area contributed by atoms with Gasteiger partial charge in [0.25, 0.3) is 5.91 Å². The molecule has 0 spiro atoms. The Hall–Kier alpha value is -1.36. The summed E-state index contributed by atoms with van der Waals surface area (Å²) in [6, 6.07) is 7.15. The molecule has 1 aliphatic heterocycles. The first kappa shape index (κ1) is 20.9. The maximum absolute atomic E-state index is 12.5. The molecular weight excluding hydrogens is 348 g/mol. The van der Waals surface area contributed by atoms with Crippen LogP contribution < -0.4 is 5.32 Å². The van der Waals surface area contributed by atoms with E-state index in [2.05, 4.69) is 11.9 Å². The van der Waals surface area contributed by atoms with E-state index in [0.717, 1.165) is 77.1 Å². The van der Waals surface area contributed by atoms with Gasteiger partial charge in [-0.05, 0) is 75.4 Å². The van der Waals surface area contributed by atoms with Gasteiger partial charge in [0, 0.05) is 36.9 Å². The lowest BCUT2D eigenvalue weighted by molar-refractivity contribution is 0.0650. The van der Waals surface area contributed by atoms with Crippen molar-refractivity contribution in [2.24, 2.45) is 5.92 Å². The van der Waals surface area contributed by atoms with Gasteiger partial charge in [0.2, 0.25) is 0 Å². The van der Waals surface area contributed by atoms with Gasteiger partial charge in [-0.15, -0.1) is 6.58 Å². The van der Waals surface area contributed by atoms with Crippen LogP contribution in [0.1, 0.15) is 42.5 Å². The number of nitrogens with one attached hydrogen (secondary N) is 1. The number of nitrogens with zero attached hydrogens (tertiary/aromatic N) is 1. The van der Waals surface area contributed by atoms with Crippen LogP contribution in [0.5, 0.6) is 0 Å². The second-order valence-electron chi connectivity index (χ2n) is 6.82. The van der Waals surface area contributed by atoms with E-state index in [-0.39, 0.29) is 5.91 Å². The minimum Gasteiger partial charge on any atom is -0.381 e. The summed E-state index contributed by atoms with van der Waals surface area (Å²) in [5.74, 6) is 0.773. The lowest BCUT2D eigenvalue weighted by Crippen LogP contribution is -2.38. The Labute approximate surface area is 162 Å². The summed E-state index contributed by atoms with van der Waals surface area (Å²) in [7, 11) is 0. The largest absolute Gasteiger partial charge is 0.381 e. The Bertz CT molecular complexity index is 539. The first-order chi connectivity index (χ1) is 12.7. The molecule has 4 nitrogen and oxygen atoms in total. The lowest BCUT2D eigenvalue weighted by Gasteiger charge is -2.32. The summed E-state index contributed by atoms with van der Waals surface area (Å²) in [6.07, 6.45) is 7.20. The average Bonchev–Trinajstić information content (AvgIpc) is 2.67. The fraction of sp³-hybridized carbons (Fsp3) is 0.571. The molecule has 1 saturated heterocycles.